The number of nitrogens with zero attached hydrogens (tertiary/aromatic N) is 1. The lowest BCUT2D eigenvalue weighted by Crippen LogP contribution is -2.33. The summed E-state index contributed by atoms with van der Waals surface area (Å²) in [6.45, 7) is 3.96. The molecule has 1 saturated carbocycles. The molecule has 1 aliphatic carbocycles. The average Bonchev–Trinajstić information content (AvgIpc) is 2.86. The normalized spacial score (nSPS) is 21.5. The van der Waals surface area contributed by atoms with Crippen LogP contribution in [-0.4, -0.2) is 28.0 Å². The van der Waals surface area contributed by atoms with Crippen LogP contribution in [0.3, 0.4) is 0 Å². The highest BCUT2D eigenvalue weighted by Crippen LogP contribution is 2.26. The zero-order valence-electron chi connectivity index (χ0n) is 12.1. The Morgan fingerprint density at radius 3 is 2.67 bits per heavy atom. The van der Waals surface area contributed by atoms with E-state index in [4.69, 9.17) is 16.7 Å². The number of pyridine rings is 1. The number of carboxylic acids is 1. The summed E-state index contributed by atoms with van der Waals surface area (Å²) in [5.41, 5.74) is 1.24. The lowest BCUT2D eigenvalue weighted by molar-refractivity contribution is -0.141. The van der Waals surface area contributed by atoms with Crippen LogP contribution in [0.5, 0.6) is 0 Å². The highest BCUT2D eigenvalue weighted by atomic mass is 35.5. The Balaban J connectivity index is 2.06. The highest BCUT2D eigenvalue weighted by molar-refractivity contribution is 6.29. The number of rotatable bonds is 4. The molecule has 2 unspecified atom stereocenters. The average molecular weight is 311 g/mol. The van der Waals surface area contributed by atoms with Crippen LogP contribution in [0.15, 0.2) is 12.1 Å². The van der Waals surface area contributed by atoms with Crippen molar-refractivity contribution in [3.05, 3.63) is 28.5 Å². The predicted octanol–water partition coefficient (Wildman–Crippen LogP) is 2.84. The predicted molar refractivity (Wildman–Crippen MR) is 79.6 cm³/mol. The minimum Gasteiger partial charge on any atom is -0.481 e. The molecule has 1 aliphatic rings. The Bertz CT molecular complexity index is 560. The minimum absolute atomic E-state index is 0.0898. The van der Waals surface area contributed by atoms with Gasteiger partial charge in [-0.25, -0.2) is 4.98 Å². The van der Waals surface area contributed by atoms with E-state index in [0.29, 0.717) is 30.0 Å². The van der Waals surface area contributed by atoms with Gasteiger partial charge < -0.3 is 10.4 Å². The summed E-state index contributed by atoms with van der Waals surface area (Å²) in [5, 5.41) is 12.2. The fourth-order valence-corrected chi connectivity index (χ4v) is 2.76. The Kier molecular flexibility index (Phi) is 4.83. The largest absolute Gasteiger partial charge is 0.481 e. The number of hydrogen-bond donors (Lipinski definition) is 2. The third kappa shape index (κ3) is 3.94. The molecule has 0 aromatic carbocycles. The maximum atomic E-state index is 12.3. The quantitative estimate of drug-likeness (QED) is 0.838. The first kappa shape index (κ1) is 15.8. The standard InChI is InChI=1S/C15H19ClN2O3/c1-8(2)12-6-10(7-13(16)18-12)14(19)17-11-4-3-9(5-11)15(20)21/h6-9,11H,3-5H2,1-2H3,(H,17,19)(H,20,21). The Hall–Kier alpha value is -1.62. The summed E-state index contributed by atoms with van der Waals surface area (Å²) in [6, 6.07) is 3.18. The number of amides is 1. The van der Waals surface area contributed by atoms with Crippen LogP contribution < -0.4 is 5.32 Å². The molecule has 2 atom stereocenters. The lowest BCUT2D eigenvalue weighted by atomic mass is 10.1. The van der Waals surface area contributed by atoms with Gasteiger partial charge in [0.05, 0.1) is 5.92 Å². The molecule has 0 radical (unpaired) electrons. The van der Waals surface area contributed by atoms with Gasteiger partial charge >= 0.3 is 5.97 Å². The van der Waals surface area contributed by atoms with Crippen LogP contribution in [0.1, 0.15) is 55.1 Å². The molecule has 0 saturated heterocycles. The van der Waals surface area contributed by atoms with Crippen LogP contribution in [0.2, 0.25) is 5.15 Å². The van der Waals surface area contributed by atoms with Crippen LogP contribution in [0.25, 0.3) is 0 Å². The van der Waals surface area contributed by atoms with Crippen LogP contribution in [-0.2, 0) is 4.79 Å². The van der Waals surface area contributed by atoms with Gasteiger partial charge in [0.1, 0.15) is 5.15 Å². The first-order valence-corrected chi connectivity index (χ1v) is 7.45. The van der Waals surface area contributed by atoms with Gasteiger partial charge in [-0.15, -0.1) is 0 Å². The molecule has 5 nitrogen and oxygen atoms in total. The Morgan fingerprint density at radius 1 is 1.38 bits per heavy atom. The van der Waals surface area contributed by atoms with Crippen LogP contribution >= 0.6 is 11.6 Å². The van der Waals surface area contributed by atoms with Gasteiger partial charge in [0.2, 0.25) is 0 Å². The SMILES string of the molecule is CC(C)c1cc(C(=O)NC2CCC(C(=O)O)C2)cc(Cl)n1. The molecule has 1 fully saturated rings. The molecular formula is C15H19ClN2O3. The summed E-state index contributed by atoms with van der Waals surface area (Å²) >= 11 is 5.95. The molecule has 1 aromatic rings. The molecule has 6 heteroatoms. The van der Waals surface area contributed by atoms with E-state index < -0.39 is 5.97 Å². The van der Waals surface area contributed by atoms with E-state index in [1.54, 1.807) is 6.07 Å². The molecule has 2 N–H and O–H groups in total. The lowest BCUT2D eigenvalue weighted by Gasteiger charge is -2.14. The van der Waals surface area contributed by atoms with Crippen molar-refractivity contribution in [2.45, 2.75) is 45.1 Å². The topological polar surface area (TPSA) is 79.3 Å². The number of halogens is 1. The molecule has 1 aromatic heterocycles. The van der Waals surface area contributed by atoms with E-state index in [2.05, 4.69) is 10.3 Å². The van der Waals surface area contributed by atoms with Gasteiger partial charge in [-0.2, -0.15) is 0 Å². The number of aliphatic carboxylic acids is 1. The van der Waals surface area contributed by atoms with E-state index in [1.807, 2.05) is 13.8 Å². The maximum absolute atomic E-state index is 12.3. The number of nitrogens with one attached hydrogen (secondary N) is 1. The molecule has 0 aliphatic heterocycles. The first-order valence-electron chi connectivity index (χ1n) is 7.08. The van der Waals surface area contributed by atoms with Crippen molar-refractivity contribution in [3.63, 3.8) is 0 Å². The third-order valence-corrected chi connectivity index (χ3v) is 3.98. The van der Waals surface area contributed by atoms with E-state index in [1.165, 1.54) is 6.07 Å². The van der Waals surface area contributed by atoms with E-state index in [9.17, 15) is 9.59 Å². The van der Waals surface area contributed by atoms with Crippen molar-refractivity contribution in [3.8, 4) is 0 Å². The maximum Gasteiger partial charge on any atom is 0.306 e. The zero-order valence-corrected chi connectivity index (χ0v) is 12.9. The summed E-state index contributed by atoms with van der Waals surface area (Å²) in [7, 11) is 0. The monoisotopic (exact) mass is 310 g/mol. The number of carbonyl (C=O) groups excluding carboxylic acids is 1. The van der Waals surface area contributed by atoms with Gasteiger partial charge in [0.15, 0.2) is 0 Å². The summed E-state index contributed by atoms with van der Waals surface area (Å²) < 4.78 is 0. The van der Waals surface area contributed by atoms with Gasteiger partial charge in [0.25, 0.3) is 5.91 Å². The molecule has 114 valence electrons. The van der Waals surface area contributed by atoms with Gasteiger partial charge in [0, 0.05) is 17.3 Å². The number of aromatic nitrogens is 1. The third-order valence-electron chi connectivity index (χ3n) is 3.78. The highest BCUT2D eigenvalue weighted by Gasteiger charge is 2.30. The fraction of sp³-hybridized carbons (Fsp3) is 0.533. The van der Waals surface area contributed by atoms with Gasteiger partial charge in [-0.05, 0) is 37.3 Å². The minimum atomic E-state index is -0.791. The number of hydrogen-bond acceptors (Lipinski definition) is 3. The second kappa shape index (κ2) is 6.43. The molecular weight excluding hydrogens is 292 g/mol. The van der Waals surface area contributed by atoms with E-state index in [-0.39, 0.29) is 23.8 Å². The first-order chi connectivity index (χ1) is 9.86. The van der Waals surface area contributed by atoms with Gasteiger partial charge in [-0.3, -0.25) is 9.59 Å². The summed E-state index contributed by atoms with van der Waals surface area (Å²) in [5.74, 6) is -1.20. The zero-order chi connectivity index (χ0) is 15.6. The molecule has 0 spiro atoms. The van der Waals surface area contributed by atoms with Crippen molar-refractivity contribution in [1.29, 1.82) is 0 Å². The molecule has 21 heavy (non-hydrogen) atoms. The molecule has 2 rings (SSSR count). The Morgan fingerprint density at radius 2 is 2.10 bits per heavy atom. The fourth-order valence-electron chi connectivity index (χ4n) is 2.55. The van der Waals surface area contributed by atoms with Crippen molar-refractivity contribution < 1.29 is 14.7 Å². The van der Waals surface area contributed by atoms with Crippen molar-refractivity contribution in [2.24, 2.45) is 5.92 Å². The second-order valence-electron chi connectivity index (χ2n) is 5.78. The van der Waals surface area contributed by atoms with Crippen molar-refractivity contribution in [2.75, 3.05) is 0 Å². The van der Waals surface area contributed by atoms with Gasteiger partial charge in [-0.1, -0.05) is 25.4 Å². The smallest absolute Gasteiger partial charge is 0.306 e. The molecule has 0 bridgehead atoms. The van der Waals surface area contributed by atoms with E-state index >= 15 is 0 Å². The summed E-state index contributed by atoms with van der Waals surface area (Å²) in [6.07, 6.45) is 1.78. The van der Waals surface area contributed by atoms with Crippen molar-refractivity contribution >= 4 is 23.5 Å². The number of carbonyl (C=O) groups is 2. The summed E-state index contributed by atoms with van der Waals surface area (Å²) in [4.78, 5) is 27.4. The Labute approximate surface area is 128 Å². The second-order valence-corrected chi connectivity index (χ2v) is 6.16. The molecule has 1 heterocycles. The molecule has 1 amide bonds. The van der Waals surface area contributed by atoms with Crippen LogP contribution in [0, 0.1) is 5.92 Å². The van der Waals surface area contributed by atoms with Crippen molar-refractivity contribution in [1.82, 2.24) is 10.3 Å². The van der Waals surface area contributed by atoms with Crippen LogP contribution in [0.4, 0.5) is 0 Å². The number of carboxylic acid groups (broad SMARTS) is 1. The van der Waals surface area contributed by atoms with E-state index in [0.717, 1.165) is 5.69 Å².